The average molecular weight is 206 g/mol. The van der Waals surface area contributed by atoms with Crippen LogP contribution in [0.5, 0.6) is 0 Å². The van der Waals surface area contributed by atoms with Gasteiger partial charge in [0.05, 0.1) is 10.6 Å². The summed E-state index contributed by atoms with van der Waals surface area (Å²) in [4.78, 5) is 1.17. The van der Waals surface area contributed by atoms with Gasteiger partial charge in [0.1, 0.15) is 0 Å². The van der Waals surface area contributed by atoms with Crippen molar-refractivity contribution in [3.05, 3.63) is 28.8 Å². The van der Waals surface area contributed by atoms with Crippen LogP contribution in [0.15, 0.2) is 22.0 Å². The normalized spacial score (nSPS) is 15.4. The first kappa shape index (κ1) is 8.20. The minimum atomic E-state index is 0.881. The molecule has 0 spiro atoms. The van der Waals surface area contributed by atoms with Gasteiger partial charge in [-0.05, 0) is 11.4 Å². The number of fused-ring (bicyclic) bond motifs is 1. The number of thiophene rings is 1. The van der Waals surface area contributed by atoms with Gasteiger partial charge in [0.15, 0.2) is 5.76 Å². The van der Waals surface area contributed by atoms with E-state index in [1.807, 2.05) is 6.07 Å². The Hall–Kier alpha value is -1.13. The van der Waals surface area contributed by atoms with Gasteiger partial charge in [0.2, 0.25) is 0 Å². The Morgan fingerprint density at radius 2 is 2.50 bits per heavy atom. The maximum Gasteiger partial charge on any atom is 0.181 e. The van der Waals surface area contributed by atoms with E-state index in [-0.39, 0.29) is 0 Å². The van der Waals surface area contributed by atoms with Gasteiger partial charge in [0.25, 0.3) is 0 Å². The van der Waals surface area contributed by atoms with E-state index in [1.165, 1.54) is 10.4 Å². The number of nitrogens with one attached hydrogen (secondary N) is 1. The van der Waals surface area contributed by atoms with Crippen LogP contribution in [0.4, 0.5) is 0 Å². The summed E-state index contributed by atoms with van der Waals surface area (Å²) in [7, 11) is 0. The summed E-state index contributed by atoms with van der Waals surface area (Å²) in [5, 5.41) is 9.49. The smallest absolute Gasteiger partial charge is 0.181 e. The zero-order valence-electron chi connectivity index (χ0n) is 7.62. The fourth-order valence-corrected chi connectivity index (χ4v) is 2.47. The molecule has 0 amide bonds. The third kappa shape index (κ3) is 1.19. The highest BCUT2D eigenvalue weighted by atomic mass is 32.1. The lowest BCUT2D eigenvalue weighted by atomic mass is 10.1. The molecule has 0 aliphatic carbocycles. The molecule has 1 aliphatic heterocycles. The Morgan fingerprint density at radius 1 is 1.50 bits per heavy atom. The second-order valence-electron chi connectivity index (χ2n) is 3.34. The fourth-order valence-electron chi connectivity index (χ4n) is 1.74. The van der Waals surface area contributed by atoms with Crippen molar-refractivity contribution in [2.24, 2.45) is 0 Å². The number of hydrogen-bond donors (Lipinski definition) is 1. The monoisotopic (exact) mass is 206 g/mol. The molecule has 0 saturated heterocycles. The summed E-state index contributed by atoms with van der Waals surface area (Å²) in [5.74, 6) is 0.946. The van der Waals surface area contributed by atoms with Gasteiger partial charge in [-0.15, -0.1) is 11.3 Å². The Bertz CT molecular complexity index is 433. The van der Waals surface area contributed by atoms with E-state index < -0.39 is 0 Å². The van der Waals surface area contributed by atoms with Crippen molar-refractivity contribution in [3.63, 3.8) is 0 Å². The standard InChI is InChI=1S/C10H10N2OS/c1-2-9(14-5-1)10-7-6-11-4-3-8(7)12-13-10/h1-2,5,11H,3-4,6H2. The van der Waals surface area contributed by atoms with Crippen LogP contribution >= 0.6 is 11.3 Å². The number of hydrogen-bond acceptors (Lipinski definition) is 4. The highest BCUT2D eigenvalue weighted by Crippen LogP contribution is 2.31. The van der Waals surface area contributed by atoms with Gasteiger partial charge in [-0.2, -0.15) is 0 Å². The predicted molar refractivity (Wildman–Crippen MR) is 55.2 cm³/mol. The zero-order valence-corrected chi connectivity index (χ0v) is 8.43. The first-order valence-corrected chi connectivity index (χ1v) is 5.55. The van der Waals surface area contributed by atoms with Crippen molar-refractivity contribution >= 4 is 11.3 Å². The lowest BCUT2D eigenvalue weighted by Crippen LogP contribution is -2.23. The van der Waals surface area contributed by atoms with E-state index in [9.17, 15) is 0 Å². The molecular weight excluding hydrogens is 196 g/mol. The van der Waals surface area contributed by atoms with Crippen molar-refractivity contribution in [3.8, 4) is 10.6 Å². The third-order valence-corrected chi connectivity index (χ3v) is 3.32. The van der Waals surface area contributed by atoms with E-state index >= 15 is 0 Å². The van der Waals surface area contributed by atoms with Crippen LogP contribution in [-0.2, 0) is 13.0 Å². The molecule has 0 unspecified atom stereocenters. The van der Waals surface area contributed by atoms with Crippen LogP contribution < -0.4 is 5.32 Å². The van der Waals surface area contributed by atoms with Crippen molar-refractivity contribution in [1.29, 1.82) is 0 Å². The van der Waals surface area contributed by atoms with E-state index in [2.05, 4.69) is 21.9 Å². The quantitative estimate of drug-likeness (QED) is 0.776. The summed E-state index contributed by atoms with van der Waals surface area (Å²) in [5.41, 5.74) is 2.35. The second-order valence-corrected chi connectivity index (χ2v) is 4.29. The van der Waals surface area contributed by atoms with Gasteiger partial charge in [-0.3, -0.25) is 0 Å². The van der Waals surface area contributed by atoms with Crippen LogP contribution in [0.25, 0.3) is 10.6 Å². The Labute approximate surface area is 85.7 Å². The first-order chi connectivity index (χ1) is 6.95. The Balaban J connectivity index is 2.11. The molecule has 0 saturated carbocycles. The summed E-state index contributed by atoms with van der Waals surface area (Å²) in [6, 6.07) is 4.10. The van der Waals surface area contributed by atoms with E-state index in [0.717, 1.165) is 31.0 Å². The molecule has 3 rings (SSSR count). The first-order valence-electron chi connectivity index (χ1n) is 4.67. The Morgan fingerprint density at radius 3 is 3.36 bits per heavy atom. The number of nitrogens with zero attached hydrogens (tertiary/aromatic N) is 1. The molecule has 0 radical (unpaired) electrons. The molecule has 3 heterocycles. The molecule has 3 nitrogen and oxygen atoms in total. The van der Waals surface area contributed by atoms with E-state index in [4.69, 9.17) is 4.52 Å². The summed E-state index contributed by atoms with van der Waals surface area (Å²) in [6.45, 7) is 1.88. The molecule has 72 valence electrons. The second kappa shape index (κ2) is 3.22. The average Bonchev–Trinajstić information content (AvgIpc) is 2.85. The molecule has 0 aromatic carbocycles. The van der Waals surface area contributed by atoms with Gasteiger partial charge in [-0.1, -0.05) is 11.2 Å². The summed E-state index contributed by atoms with van der Waals surface area (Å²) >= 11 is 1.69. The fraction of sp³-hybridized carbons (Fsp3) is 0.300. The van der Waals surface area contributed by atoms with Crippen LogP contribution in [0, 0.1) is 0 Å². The molecule has 14 heavy (non-hydrogen) atoms. The minimum Gasteiger partial charge on any atom is -0.355 e. The van der Waals surface area contributed by atoms with Gasteiger partial charge in [0, 0.05) is 25.1 Å². The molecule has 1 aliphatic rings. The van der Waals surface area contributed by atoms with Crippen molar-refractivity contribution in [2.45, 2.75) is 13.0 Å². The van der Waals surface area contributed by atoms with Gasteiger partial charge >= 0.3 is 0 Å². The van der Waals surface area contributed by atoms with Crippen molar-refractivity contribution in [2.75, 3.05) is 6.54 Å². The third-order valence-electron chi connectivity index (χ3n) is 2.45. The number of aromatic nitrogens is 1. The van der Waals surface area contributed by atoms with Gasteiger partial charge < -0.3 is 9.84 Å². The van der Waals surface area contributed by atoms with Crippen LogP contribution in [0.1, 0.15) is 11.3 Å². The lowest BCUT2D eigenvalue weighted by Gasteiger charge is -2.10. The highest BCUT2D eigenvalue weighted by Gasteiger charge is 2.20. The molecule has 4 heteroatoms. The molecule has 1 N–H and O–H groups in total. The maximum absolute atomic E-state index is 5.38. The van der Waals surface area contributed by atoms with Crippen LogP contribution in [-0.4, -0.2) is 11.7 Å². The summed E-state index contributed by atoms with van der Waals surface area (Å²) in [6.07, 6.45) is 0.976. The lowest BCUT2D eigenvalue weighted by molar-refractivity contribution is 0.424. The van der Waals surface area contributed by atoms with Crippen LogP contribution in [0.3, 0.4) is 0 Å². The molecule has 0 fully saturated rings. The predicted octanol–water partition coefficient (Wildman–Crippen LogP) is 2.05. The molecule has 0 atom stereocenters. The minimum absolute atomic E-state index is 0.881. The van der Waals surface area contributed by atoms with E-state index in [1.54, 1.807) is 11.3 Å². The Kier molecular flexibility index (Phi) is 1.89. The molecule has 0 bridgehead atoms. The number of rotatable bonds is 1. The van der Waals surface area contributed by atoms with Crippen molar-refractivity contribution < 1.29 is 4.52 Å². The molecular formula is C10H10N2OS. The summed E-state index contributed by atoms with van der Waals surface area (Å²) < 4.78 is 5.38. The van der Waals surface area contributed by atoms with Crippen LogP contribution in [0.2, 0.25) is 0 Å². The topological polar surface area (TPSA) is 38.1 Å². The highest BCUT2D eigenvalue weighted by molar-refractivity contribution is 7.13. The van der Waals surface area contributed by atoms with Gasteiger partial charge in [-0.25, -0.2) is 0 Å². The van der Waals surface area contributed by atoms with Crippen molar-refractivity contribution in [1.82, 2.24) is 10.5 Å². The zero-order chi connectivity index (χ0) is 9.38. The molecule has 2 aromatic rings. The SMILES string of the molecule is c1csc(-c2onc3c2CNCC3)c1. The van der Waals surface area contributed by atoms with E-state index in [0.29, 0.717) is 0 Å². The largest absolute Gasteiger partial charge is 0.355 e. The maximum atomic E-state index is 5.38. The molecule has 2 aromatic heterocycles.